The van der Waals surface area contributed by atoms with Gasteiger partial charge in [0.05, 0.1) is 12.4 Å². The SMILES string of the molecule is CCCCN(C)c1cnc(C(=O)Nc2ccc(N3CCCCC3)cc2)cn1. The zero-order valence-electron chi connectivity index (χ0n) is 16.3. The number of amides is 1. The Hall–Kier alpha value is -2.63. The Balaban J connectivity index is 1.58. The summed E-state index contributed by atoms with van der Waals surface area (Å²) in [5, 5.41) is 2.90. The maximum atomic E-state index is 12.4. The maximum absolute atomic E-state index is 12.4. The fourth-order valence-corrected chi connectivity index (χ4v) is 3.25. The van der Waals surface area contributed by atoms with Crippen LogP contribution in [0.5, 0.6) is 0 Å². The van der Waals surface area contributed by atoms with E-state index in [2.05, 4.69) is 44.1 Å². The van der Waals surface area contributed by atoms with Gasteiger partial charge in [0.2, 0.25) is 0 Å². The van der Waals surface area contributed by atoms with E-state index in [1.807, 2.05) is 19.2 Å². The molecule has 1 fully saturated rings. The van der Waals surface area contributed by atoms with Crippen molar-refractivity contribution < 1.29 is 4.79 Å². The molecule has 1 aliphatic rings. The Morgan fingerprint density at radius 2 is 1.85 bits per heavy atom. The normalized spacial score (nSPS) is 14.1. The van der Waals surface area contributed by atoms with Gasteiger partial charge in [0, 0.05) is 38.1 Å². The lowest BCUT2D eigenvalue weighted by Crippen LogP contribution is -2.29. The van der Waals surface area contributed by atoms with Crippen molar-refractivity contribution >= 4 is 23.1 Å². The van der Waals surface area contributed by atoms with E-state index in [1.165, 1.54) is 31.1 Å². The summed E-state index contributed by atoms with van der Waals surface area (Å²) in [5.41, 5.74) is 2.31. The second-order valence-electron chi connectivity index (χ2n) is 7.08. The number of carbonyl (C=O) groups excluding carboxylic acids is 1. The third-order valence-electron chi connectivity index (χ3n) is 4.96. The first kappa shape index (κ1) is 19.1. The molecular formula is C21H29N5O. The molecule has 0 bridgehead atoms. The van der Waals surface area contributed by atoms with Gasteiger partial charge in [-0.3, -0.25) is 4.79 Å². The smallest absolute Gasteiger partial charge is 0.275 e. The van der Waals surface area contributed by atoms with Crippen LogP contribution in [0.1, 0.15) is 49.5 Å². The lowest BCUT2D eigenvalue weighted by atomic mass is 10.1. The number of hydrogen-bond donors (Lipinski definition) is 1. The van der Waals surface area contributed by atoms with Crippen LogP contribution >= 0.6 is 0 Å². The van der Waals surface area contributed by atoms with Crippen LogP contribution < -0.4 is 15.1 Å². The van der Waals surface area contributed by atoms with Crippen LogP contribution in [0.15, 0.2) is 36.7 Å². The lowest BCUT2D eigenvalue weighted by Gasteiger charge is -2.28. The molecule has 27 heavy (non-hydrogen) atoms. The zero-order chi connectivity index (χ0) is 19.1. The second kappa shape index (κ2) is 9.35. The summed E-state index contributed by atoms with van der Waals surface area (Å²) in [4.78, 5) is 25.5. The molecule has 0 radical (unpaired) electrons. The van der Waals surface area contributed by atoms with Crippen molar-refractivity contribution in [2.24, 2.45) is 0 Å². The molecular weight excluding hydrogens is 338 g/mol. The summed E-state index contributed by atoms with van der Waals surface area (Å²) in [6.07, 6.45) is 9.25. The average Bonchev–Trinajstić information content (AvgIpc) is 2.73. The van der Waals surface area contributed by atoms with Gasteiger partial charge in [0.15, 0.2) is 0 Å². The molecule has 3 rings (SSSR count). The molecule has 2 aromatic rings. The number of unbranched alkanes of at least 4 members (excludes halogenated alkanes) is 1. The highest BCUT2D eigenvalue weighted by atomic mass is 16.1. The second-order valence-corrected chi connectivity index (χ2v) is 7.08. The fraction of sp³-hybridized carbons (Fsp3) is 0.476. The van der Waals surface area contributed by atoms with Crippen LogP contribution in [-0.4, -0.2) is 42.6 Å². The minimum Gasteiger partial charge on any atom is -0.372 e. The molecule has 1 saturated heterocycles. The van der Waals surface area contributed by atoms with E-state index >= 15 is 0 Å². The van der Waals surface area contributed by atoms with Crippen molar-refractivity contribution in [3.8, 4) is 0 Å². The van der Waals surface area contributed by atoms with Gasteiger partial charge in [-0.2, -0.15) is 0 Å². The summed E-state index contributed by atoms with van der Waals surface area (Å²) in [5.74, 6) is 0.543. The van der Waals surface area contributed by atoms with Gasteiger partial charge >= 0.3 is 0 Å². The highest BCUT2D eigenvalue weighted by Gasteiger charge is 2.12. The van der Waals surface area contributed by atoms with Gasteiger partial charge in [0.25, 0.3) is 5.91 Å². The predicted octanol–water partition coefficient (Wildman–Crippen LogP) is 3.96. The third kappa shape index (κ3) is 5.18. The monoisotopic (exact) mass is 367 g/mol. The van der Waals surface area contributed by atoms with Crippen molar-refractivity contribution in [3.63, 3.8) is 0 Å². The topological polar surface area (TPSA) is 61.4 Å². The number of anilines is 3. The molecule has 1 aromatic carbocycles. The minimum atomic E-state index is -0.240. The lowest BCUT2D eigenvalue weighted by molar-refractivity contribution is 0.102. The van der Waals surface area contributed by atoms with E-state index in [9.17, 15) is 4.79 Å². The number of aromatic nitrogens is 2. The first-order valence-corrected chi connectivity index (χ1v) is 9.87. The van der Waals surface area contributed by atoms with E-state index in [4.69, 9.17) is 0 Å². The number of nitrogens with one attached hydrogen (secondary N) is 1. The number of nitrogens with zero attached hydrogens (tertiary/aromatic N) is 4. The molecule has 0 atom stereocenters. The van der Waals surface area contributed by atoms with E-state index in [-0.39, 0.29) is 5.91 Å². The summed E-state index contributed by atoms with van der Waals surface area (Å²) >= 11 is 0. The van der Waals surface area contributed by atoms with E-state index in [0.29, 0.717) is 5.69 Å². The van der Waals surface area contributed by atoms with Crippen LogP contribution in [0.2, 0.25) is 0 Å². The maximum Gasteiger partial charge on any atom is 0.275 e. The first-order valence-electron chi connectivity index (χ1n) is 9.87. The molecule has 0 saturated carbocycles. The molecule has 144 valence electrons. The molecule has 0 unspecified atom stereocenters. The first-order chi connectivity index (χ1) is 13.2. The van der Waals surface area contributed by atoms with Gasteiger partial charge < -0.3 is 15.1 Å². The standard InChI is InChI=1S/C21H29N5O/c1-3-4-12-25(2)20-16-22-19(15-23-20)21(27)24-17-8-10-18(11-9-17)26-13-6-5-7-14-26/h8-11,15-16H,3-7,12-14H2,1-2H3,(H,24,27). The van der Waals surface area contributed by atoms with Gasteiger partial charge in [-0.15, -0.1) is 0 Å². The van der Waals surface area contributed by atoms with Crippen molar-refractivity contribution in [2.75, 3.05) is 41.8 Å². The predicted molar refractivity (Wildman–Crippen MR) is 111 cm³/mol. The number of piperidine rings is 1. The van der Waals surface area contributed by atoms with Crippen molar-refractivity contribution in [1.29, 1.82) is 0 Å². The number of benzene rings is 1. The largest absolute Gasteiger partial charge is 0.372 e. The molecule has 0 aliphatic carbocycles. The van der Waals surface area contributed by atoms with E-state index < -0.39 is 0 Å². The van der Waals surface area contributed by atoms with Crippen molar-refractivity contribution in [3.05, 3.63) is 42.4 Å². The molecule has 1 aliphatic heterocycles. The Kier molecular flexibility index (Phi) is 6.63. The Morgan fingerprint density at radius 1 is 1.11 bits per heavy atom. The van der Waals surface area contributed by atoms with E-state index in [0.717, 1.165) is 44.0 Å². The van der Waals surface area contributed by atoms with Crippen molar-refractivity contribution in [2.45, 2.75) is 39.0 Å². The summed E-state index contributed by atoms with van der Waals surface area (Å²) in [6.45, 7) is 5.31. The Morgan fingerprint density at radius 3 is 2.48 bits per heavy atom. The Labute approximate surface area is 161 Å². The molecule has 1 aromatic heterocycles. The summed E-state index contributed by atoms with van der Waals surface area (Å²) < 4.78 is 0. The molecule has 0 spiro atoms. The molecule has 1 N–H and O–H groups in total. The van der Waals surface area contributed by atoms with Crippen LogP contribution in [0, 0.1) is 0 Å². The highest BCUT2D eigenvalue weighted by Crippen LogP contribution is 2.22. The molecule has 2 heterocycles. The van der Waals surface area contributed by atoms with Gasteiger partial charge in [-0.25, -0.2) is 9.97 Å². The fourth-order valence-electron chi connectivity index (χ4n) is 3.25. The average molecular weight is 367 g/mol. The van der Waals surface area contributed by atoms with Gasteiger partial charge in [-0.05, 0) is 49.9 Å². The minimum absolute atomic E-state index is 0.240. The number of rotatable bonds is 7. The van der Waals surface area contributed by atoms with Gasteiger partial charge in [0.1, 0.15) is 11.5 Å². The van der Waals surface area contributed by atoms with Crippen molar-refractivity contribution in [1.82, 2.24) is 9.97 Å². The van der Waals surface area contributed by atoms with Crippen LogP contribution in [0.3, 0.4) is 0 Å². The molecule has 6 nitrogen and oxygen atoms in total. The third-order valence-corrected chi connectivity index (χ3v) is 4.96. The van der Waals surface area contributed by atoms with Gasteiger partial charge in [-0.1, -0.05) is 13.3 Å². The highest BCUT2D eigenvalue weighted by molar-refractivity contribution is 6.02. The van der Waals surface area contributed by atoms with Crippen LogP contribution in [0.25, 0.3) is 0 Å². The molecule has 6 heteroatoms. The molecule has 1 amide bonds. The summed E-state index contributed by atoms with van der Waals surface area (Å²) in [7, 11) is 1.99. The quantitative estimate of drug-likeness (QED) is 0.803. The summed E-state index contributed by atoms with van der Waals surface area (Å²) in [6, 6.07) is 8.03. The Bertz CT molecular complexity index is 723. The number of hydrogen-bond acceptors (Lipinski definition) is 5. The zero-order valence-corrected chi connectivity index (χ0v) is 16.3. The van der Waals surface area contributed by atoms with E-state index in [1.54, 1.807) is 6.20 Å². The van der Waals surface area contributed by atoms with Crippen LogP contribution in [0.4, 0.5) is 17.2 Å². The number of carbonyl (C=O) groups is 1. The van der Waals surface area contributed by atoms with Crippen LogP contribution in [-0.2, 0) is 0 Å².